The van der Waals surface area contributed by atoms with Crippen LogP contribution < -0.4 is 0 Å². The summed E-state index contributed by atoms with van der Waals surface area (Å²) in [6.45, 7) is 0. The minimum Gasteiger partial charge on any atom is -0.309 e. The van der Waals surface area contributed by atoms with Crippen molar-refractivity contribution in [1.29, 1.82) is 0 Å². The van der Waals surface area contributed by atoms with E-state index >= 15 is 0 Å². The summed E-state index contributed by atoms with van der Waals surface area (Å²) in [6.07, 6.45) is 0. The molecule has 2 aromatic heterocycles. The van der Waals surface area contributed by atoms with Crippen molar-refractivity contribution in [3.63, 3.8) is 0 Å². The Labute approximate surface area is 283 Å². The van der Waals surface area contributed by atoms with Crippen LogP contribution in [0.3, 0.4) is 0 Å². The van der Waals surface area contributed by atoms with Gasteiger partial charge in [-0.1, -0.05) is 140 Å². The molecular weight excluding hydrogens is 595 g/mol. The zero-order valence-electron chi connectivity index (χ0n) is 26.6. The maximum Gasteiger partial charge on any atom is 0.160 e. The maximum absolute atomic E-state index is 5.25. The van der Waals surface area contributed by atoms with Crippen LogP contribution in [0.15, 0.2) is 176 Å². The van der Waals surface area contributed by atoms with Gasteiger partial charge in [-0.3, -0.25) is 0 Å². The lowest BCUT2D eigenvalue weighted by Crippen LogP contribution is -1.98. The molecule has 3 nitrogen and oxygen atoms in total. The van der Waals surface area contributed by atoms with Gasteiger partial charge in [0.15, 0.2) is 5.82 Å². The number of hydrogen-bond acceptors (Lipinski definition) is 2. The van der Waals surface area contributed by atoms with Crippen LogP contribution in [0, 0.1) is 0 Å². The zero-order valence-corrected chi connectivity index (χ0v) is 26.6. The lowest BCUT2D eigenvalue weighted by atomic mass is 9.98. The Hall–Kier alpha value is -6.58. The van der Waals surface area contributed by atoms with Crippen molar-refractivity contribution in [2.24, 2.45) is 0 Å². The summed E-state index contributed by atoms with van der Waals surface area (Å²) in [4.78, 5) is 10.3. The number of benzene rings is 8. The molecule has 0 radical (unpaired) electrons. The van der Waals surface area contributed by atoms with Crippen LogP contribution in [-0.2, 0) is 0 Å². The Bertz CT molecular complexity index is 2880. The topological polar surface area (TPSA) is 30.7 Å². The number of nitrogens with zero attached hydrogens (tertiary/aromatic N) is 3. The van der Waals surface area contributed by atoms with E-state index in [0.29, 0.717) is 5.82 Å². The average molecular weight is 624 g/mol. The summed E-state index contributed by atoms with van der Waals surface area (Å²) in [5.41, 5.74) is 9.72. The molecule has 0 bridgehead atoms. The number of aromatic nitrogens is 3. The Kier molecular flexibility index (Phi) is 6.18. The first-order valence-electron chi connectivity index (χ1n) is 16.7. The molecule has 10 rings (SSSR count). The smallest absolute Gasteiger partial charge is 0.160 e. The van der Waals surface area contributed by atoms with Gasteiger partial charge in [0.05, 0.1) is 22.2 Å². The quantitative estimate of drug-likeness (QED) is 0.195. The molecule has 8 aromatic carbocycles. The van der Waals surface area contributed by atoms with Gasteiger partial charge in [0.25, 0.3) is 0 Å². The van der Waals surface area contributed by atoms with Crippen LogP contribution in [0.25, 0.3) is 93.7 Å². The highest BCUT2D eigenvalue weighted by atomic mass is 15.0. The minimum absolute atomic E-state index is 0.709. The van der Waals surface area contributed by atoms with Crippen LogP contribution in [0.1, 0.15) is 0 Å². The second-order valence-electron chi connectivity index (χ2n) is 12.6. The summed E-state index contributed by atoms with van der Waals surface area (Å²) in [6, 6.07) is 62.6. The Morgan fingerprint density at radius 2 is 1.04 bits per heavy atom. The Morgan fingerprint density at radius 3 is 1.92 bits per heavy atom. The second-order valence-corrected chi connectivity index (χ2v) is 12.6. The van der Waals surface area contributed by atoms with Crippen molar-refractivity contribution >= 4 is 54.3 Å². The van der Waals surface area contributed by atoms with Crippen molar-refractivity contribution in [2.45, 2.75) is 0 Å². The maximum atomic E-state index is 5.25. The third kappa shape index (κ3) is 4.51. The SMILES string of the molecule is c1cc(-c2nc(-c3ccc(-c4ccc5ccccc5c4)cc3)c3ccccc3n2)cc(-n2c3ccccc3c3c4ccccc4ccc32)c1. The normalized spacial score (nSPS) is 11.7. The molecule has 2 heterocycles. The first kappa shape index (κ1) is 27.5. The number of para-hydroxylation sites is 2. The van der Waals surface area contributed by atoms with Crippen LogP contribution in [0.5, 0.6) is 0 Å². The molecule has 3 heteroatoms. The number of fused-ring (bicyclic) bond motifs is 7. The molecule has 0 atom stereocenters. The predicted molar refractivity (Wildman–Crippen MR) is 205 cm³/mol. The van der Waals surface area contributed by atoms with Gasteiger partial charge in [0.1, 0.15) is 0 Å². The van der Waals surface area contributed by atoms with Gasteiger partial charge in [-0.05, 0) is 69.1 Å². The lowest BCUT2D eigenvalue weighted by molar-refractivity contribution is 1.17. The molecule has 0 N–H and O–H groups in total. The van der Waals surface area contributed by atoms with Gasteiger partial charge in [0.2, 0.25) is 0 Å². The highest BCUT2D eigenvalue weighted by molar-refractivity contribution is 6.21. The van der Waals surface area contributed by atoms with E-state index in [1.165, 1.54) is 54.5 Å². The third-order valence-electron chi connectivity index (χ3n) is 9.77. The van der Waals surface area contributed by atoms with Crippen LogP contribution in [0.2, 0.25) is 0 Å². The summed E-state index contributed by atoms with van der Waals surface area (Å²) in [7, 11) is 0. The molecule has 0 spiro atoms. The van der Waals surface area contributed by atoms with Gasteiger partial charge in [-0.25, -0.2) is 9.97 Å². The van der Waals surface area contributed by atoms with Gasteiger partial charge < -0.3 is 4.57 Å². The monoisotopic (exact) mass is 623 g/mol. The van der Waals surface area contributed by atoms with Crippen molar-refractivity contribution in [2.75, 3.05) is 0 Å². The molecule has 228 valence electrons. The lowest BCUT2D eigenvalue weighted by Gasteiger charge is -2.12. The second kappa shape index (κ2) is 11.0. The van der Waals surface area contributed by atoms with Gasteiger partial charge >= 0.3 is 0 Å². The van der Waals surface area contributed by atoms with Gasteiger partial charge in [-0.15, -0.1) is 0 Å². The zero-order chi connectivity index (χ0) is 32.3. The van der Waals surface area contributed by atoms with E-state index in [1.54, 1.807) is 0 Å². The molecule has 0 aliphatic heterocycles. The third-order valence-corrected chi connectivity index (χ3v) is 9.77. The summed E-state index contributed by atoms with van der Waals surface area (Å²) in [5, 5.41) is 8.56. The predicted octanol–water partition coefficient (Wildman–Crippen LogP) is 12.0. The molecule has 0 saturated carbocycles. The largest absolute Gasteiger partial charge is 0.309 e. The fourth-order valence-corrected chi connectivity index (χ4v) is 7.42. The molecule has 0 aliphatic rings. The average Bonchev–Trinajstić information content (AvgIpc) is 3.52. The molecule has 0 amide bonds. The van der Waals surface area contributed by atoms with Crippen molar-refractivity contribution in [3.8, 4) is 39.5 Å². The van der Waals surface area contributed by atoms with E-state index in [-0.39, 0.29) is 0 Å². The molecule has 0 unspecified atom stereocenters. The minimum atomic E-state index is 0.709. The fraction of sp³-hybridized carbons (Fsp3) is 0. The standard InChI is InChI=1S/C46H29N3/c1-2-12-34-28-35(25-22-30(34)10-1)31-20-23-33(24-21-31)45-39-16-5-7-18-41(39)47-46(48-45)36-13-9-14-37(29-36)49-42-19-8-6-17-40(42)44-38-15-4-3-11-32(38)26-27-43(44)49/h1-29H. The fourth-order valence-electron chi connectivity index (χ4n) is 7.42. The van der Waals surface area contributed by atoms with E-state index in [9.17, 15) is 0 Å². The number of rotatable bonds is 4. The summed E-state index contributed by atoms with van der Waals surface area (Å²) in [5.74, 6) is 0.709. The van der Waals surface area contributed by atoms with Crippen LogP contribution >= 0.6 is 0 Å². The Morgan fingerprint density at radius 1 is 0.367 bits per heavy atom. The van der Waals surface area contributed by atoms with E-state index in [1.807, 2.05) is 6.07 Å². The van der Waals surface area contributed by atoms with Gasteiger partial charge in [-0.2, -0.15) is 0 Å². The first-order chi connectivity index (χ1) is 24.3. The summed E-state index contributed by atoms with van der Waals surface area (Å²) >= 11 is 0. The number of hydrogen-bond donors (Lipinski definition) is 0. The van der Waals surface area contributed by atoms with Crippen molar-refractivity contribution < 1.29 is 0 Å². The molecule has 0 fully saturated rings. The highest BCUT2D eigenvalue weighted by Crippen LogP contribution is 2.38. The Balaban J connectivity index is 1.10. The molecular formula is C46H29N3. The van der Waals surface area contributed by atoms with E-state index in [0.717, 1.165) is 33.4 Å². The van der Waals surface area contributed by atoms with E-state index < -0.39 is 0 Å². The van der Waals surface area contributed by atoms with Crippen LogP contribution in [-0.4, -0.2) is 14.5 Å². The molecule has 10 aromatic rings. The first-order valence-corrected chi connectivity index (χ1v) is 16.7. The van der Waals surface area contributed by atoms with E-state index in [2.05, 4.69) is 174 Å². The summed E-state index contributed by atoms with van der Waals surface area (Å²) < 4.78 is 2.37. The van der Waals surface area contributed by atoms with E-state index in [4.69, 9.17) is 9.97 Å². The molecule has 0 saturated heterocycles. The molecule has 0 aliphatic carbocycles. The van der Waals surface area contributed by atoms with Crippen molar-refractivity contribution in [1.82, 2.24) is 14.5 Å². The van der Waals surface area contributed by atoms with Crippen molar-refractivity contribution in [3.05, 3.63) is 176 Å². The highest BCUT2D eigenvalue weighted by Gasteiger charge is 2.17. The van der Waals surface area contributed by atoms with Crippen LogP contribution in [0.4, 0.5) is 0 Å². The molecule has 49 heavy (non-hydrogen) atoms. The van der Waals surface area contributed by atoms with Gasteiger partial charge in [0, 0.05) is 33.0 Å².